The molecule has 0 aliphatic carbocycles. The Balaban J connectivity index is -0.0000000417. The molecule has 0 amide bonds. The molecule has 2 N–H and O–H groups in total. The maximum atomic E-state index is 9.08. The molecule has 5 nitrogen and oxygen atoms in total. The molecule has 1 radical (unpaired) electrons. The molecule has 0 aromatic rings. The van der Waals surface area contributed by atoms with E-state index in [4.69, 9.17) is 18.2 Å². The van der Waals surface area contributed by atoms with Crippen LogP contribution in [-0.2, 0) is 31.8 Å². The van der Waals surface area contributed by atoms with E-state index in [0.29, 0.717) is 0 Å². The van der Waals surface area contributed by atoms with Crippen LogP contribution in [0.4, 0.5) is 0 Å². The molecule has 0 bridgehead atoms. The maximum absolute atomic E-state index is 9.08. The minimum atomic E-state index is -4.61. The first kappa shape index (κ1) is 16.2. The Morgan fingerprint density at radius 2 is 1.62 bits per heavy atom. The first-order valence-corrected chi connectivity index (χ1v) is 2.23. The van der Waals surface area contributed by atoms with Gasteiger partial charge in [0.1, 0.15) is 0 Å². The van der Waals surface area contributed by atoms with Crippen molar-refractivity contribution in [3.8, 4) is 0 Å². The van der Waals surface area contributed by atoms with Gasteiger partial charge in [-0.25, -0.2) is 5.26 Å². The summed E-state index contributed by atoms with van der Waals surface area (Å²) < 4.78 is 28.0. The van der Waals surface area contributed by atoms with Gasteiger partial charge in [-0.05, 0) is 0 Å². The molecule has 0 saturated heterocycles. The van der Waals surface area contributed by atoms with E-state index in [0.717, 1.165) is 0 Å². The fourth-order valence-electron chi connectivity index (χ4n) is 0. The summed E-state index contributed by atoms with van der Waals surface area (Å²) in [5.74, 6) is 0. The van der Waals surface area contributed by atoms with Crippen LogP contribution in [0.3, 0.4) is 0 Å². The van der Waals surface area contributed by atoms with Gasteiger partial charge in [0.2, 0.25) is 0 Å². The first-order valence-electron chi connectivity index (χ1n) is 0.865. The molecule has 0 atom stereocenters. The monoisotopic (exact) mass is 201 g/mol. The van der Waals surface area contributed by atoms with Gasteiger partial charge in [-0.1, -0.05) is 4.33 Å². The summed E-state index contributed by atoms with van der Waals surface area (Å²) in [5, 5.41) is 7.06. The number of hydrogen-bond donors (Lipinski definition) is 2. The van der Waals surface area contributed by atoms with Crippen molar-refractivity contribution in [1.29, 1.82) is 0 Å². The molecule has 0 unspecified atom stereocenters. The van der Waals surface area contributed by atoms with Gasteiger partial charge in [0.15, 0.2) is 0 Å². The molecule has 0 aromatic carbocycles. The van der Waals surface area contributed by atoms with Crippen molar-refractivity contribution in [2.45, 2.75) is 0 Å². The Labute approximate surface area is 80.5 Å². The summed E-state index contributed by atoms with van der Waals surface area (Å²) in [4.78, 5) is 0. The van der Waals surface area contributed by atoms with Gasteiger partial charge in [-0.2, -0.15) is 8.42 Å². The largest absolute Gasteiger partial charge is 1.00 e. The van der Waals surface area contributed by atoms with Crippen LogP contribution in [0.1, 0.15) is 1.43 Å². The third-order valence-corrected chi connectivity index (χ3v) is 0.283. The van der Waals surface area contributed by atoms with E-state index in [-0.39, 0.29) is 48.1 Å². The standard InChI is InChI=1S/Cu.Na.H2O5S.H/c;;1-5-6(2,3)4;/h;;1H,(H,2,3,4);/q;+1;;-1. The average molecular weight is 202 g/mol. The summed E-state index contributed by atoms with van der Waals surface area (Å²) in [6, 6.07) is 0. The molecule has 0 spiro atoms. The first-order chi connectivity index (χ1) is 2.56. The molecule has 0 aliphatic rings. The van der Waals surface area contributed by atoms with Gasteiger partial charge in [0.25, 0.3) is 0 Å². The third-order valence-electron chi connectivity index (χ3n) is 0.0942. The van der Waals surface area contributed by atoms with Crippen molar-refractivity contribution < 1.29 is 70.6 Å². The molecule has 8 heavy (non-hydrogen) atoms. The molecular weight excluding hydrogens is 199 g/mol. The Morgan fingerprint density at radius 1 is 1.50 bits per heavy atom. The zero-order chi connectivity index (χ0) is 5.21. The van der Waals surface area contributed by atoms with E-state index in [1.54, 1.807) is 0 Å². The molecule has 8 heteroatoms. The molecule has 0 aromatic heterocycles. The maximum Gasteiger partial charge on any atom is 1.00 e. The smallest absolute Gasteiger partial charge is 1.00 e. The summed E-state index contributed by atoms with van der Waals surface area (Å²) in [6.45, 7) is 0. The van der Waals surface area contributed by atoms with Crippen LogP contribution >= 0.6 is 0 Å². The van der Waals surface area contributed by atoms with Gasteiger partial charge in [-0.15, -0.1) is 0 Å². The third kappa shape index (κ3) is 15.7. The summed E-state index contributed by atoms with van der Waals surface area (Å²) in [5.41, 5.74) is 0. The molecule has 0 saturated carbocycles. The van der Waals surface area contributed by atoms with Gasteiger partial charge < -0.3 is 1.43 Å². The van der Waals surface area contributed by atoms with Gasteiger partial charge in [0.05, 0.1) is 0 Å². The predicted octanol–water partition coefficient (Wildman–Crippen LogP) is -3.61. The fraction of sp³-hybridized carbons (Fsp3) is 0. The van der Waals surface area contributed by atoms with E-state index in [2.05, 4.69) is 4.33 Å². The van der Waals surface area contributed by atoms with Crippen LogP contribution < -0.4 is 29.6 Å². The molecule has 0 fully saturated rings. The summed E-state index contributed by atoms with van der Waals surface area (Å²) in [6.07, 6.45) is 0. The summed E-state index contributed by atoms with van der Waals surface area (Å²) in [7, 11) is -4.61. The van der Waals surface area contributed by atoms with Gasteiger partial charge in [-0.3, -0.25) is 4.55 Å². The van der Waals surface area contributed by atoms with Crippen LogP contribution in [0, 0.1) is 0 Å². The molecular formula is H3CuNaO5S. The zero-order valence-electron chi connectivity index (χ0n) is 4.83. The Bertz CT molecular complexity index is 119. The second-order valence-electron chi connectivity index (χ2n) is 0.502. The minimum absolute atomic E-state index is 0. The van der Waals surface area contributed by atoms with Crippen molar-refractivity contribution in [2.75, 3.05) is 0 Å². The van der Waals surface area contributed by atoms with Crippen molar-refractivity contribution >= 4 is 10.4 Å². The molecule has 51 valence electrons. The molecule has 0 aliphatic heterocycles. The van der Waals surface area contributed by atoms with Crippen LogP contribution in [0.2, 0.25) is 0 Å². The van der Waals surface area contributed by atoms with Crippen LogP contribution in [0.25, 0.3) is 0 Å². The van der Waals surface area contributed by atoms with Crippen LogP contribution in [0.5, 0.6) is 0 Å². The van der Waals surface area contributed by atoms with Crippen molar-refractivity contribution in [3.63, 3.8) is 0 Å². The van der Waals surface area contributed by atoms with Crippen molar-refractivity contribution in [3.05, 3.63) is 0 Å². The van der Waals surface area contributed by atoms with E-state index in [9.17, 15) is 0 Å². The Morgan fingerprint density at radius 3 is 1.62 bits per heavy atom. The van der Waals surface area contributed by atoms with E-state index >= 15 is 0 Å². The Hall–Kier alpha value is 1.35. The number of hydrogen-bond acceptors (Lipinski definition) is 4. The quantitative estimate of drug-likeness (QED) is 0.198. The van der Waals surface area contributed by atoms with Gasteiger partial charge >= 0.3 is 40.0 Å². The SMILES string of the molecule is O=S(=O)(O)OO.[Cu].[H-].[Na+]. The topological polar surface area (TPSA) is 83.8 Å². The van der Waals surface area contributed by atoms with E-state index in [1.165, 1.54) is 0 Å². The molecule has 0 heterocycles. The second-order valence-corrected chi connectivity index (χ2v) is 1.51. The molecule has 0 rings (SSSR count). The van der Waals surface area contributed by atoms with E-state index in [1.807, 2.05) is 0 Å². The zero-order valence-corrected chi connectivity index (χ0v) is 7.59. The second kappa shape index (κ2) is 6.47. The summed E-state index contributed by atoms with van der Waals surface area (Å²) >= 11 is 0. The fourth-order valence-corrected chi connectivity index (χ4v) is 0. The van der Waals surface area contributed by atoms with Crippen molar-refractivity contribution in [1.82, 2.24) is 0 Å². The average Bonchev–Trinajstić information content (AvgIpc) is 1.35. The number of rotatable bonds is 1. The van der Waals surface area contributed by atoms with Crippen molar-refractivity contribution in [2.24, 2.45) is 0 Å². The van der Waals surface area contributed by atoms with Crippen LogP contribution in [-0.4, -0.2) is 18.2 Å². The normalized spacial score (nSPS) is 8.75. The van der Waals surface area contributed by atoms with E-state index < -0.39 is 10.4 Å². The van der Waals surface area contributed by atoms with Gasteiger partial charge in [0, 0.05) is 17.1 Å². The minimum Gasteiger partial charge on any atom is -1.00 e. The predicted molar refractivity (Wildman–Crippen MR) is 16.4 cm³/mol. The Kier molecular flexibility index (Phi) is 13.1. The van der Waals surface area contributed by atoms with Crippen LogP contribution in [0.15, 0.2) is 0 Å².